The fraction of sp³-hybridized carbons (Fsp3) is 0.136. The molecule has 150 valence electrons. The van der Waals surface area contributed by atoms with Crippen molar-refractivity contribution < 1.29 is 18.7 Å². The standard InChI is InChI=1S/C22H16FN3O3S/c23-16-5-3-6-19-21(16)25-22(30-19)26(12-15-4-1-2-9-24-15)20(27)11-14-7-8-17-18(10-14)29-13-28-17/h1-10H,11-13H2. The summed E-state index contributed by atoms with van der Waals surface area (Å²) >= 11 is 1.28. The predicted octanol–water partition coefficient (Wildman–Crippen LogP) is 4.34. The summed E-state index contributed by atoms with van der Waals surface area (Å²) in [6.07, 6.45) is 1.82. The van der Waals surface area contributed by atoms with Crippen molar-refractivity contribution in [2.24, 2.45) is 0 Å². The summed E-state index contributed by atoms with van der Waals surface area (Å²) in [7, 11) is 0. The van der Waals surface area contributed by atoms with Gasteiger partial charge in [-0.2, -0.15) is 0 Å². The number of carbonyl (C=O) groups is 1. The Morgan fingerprint density at radius 1 is 1.10 bits per heavy atom. The number of para-hydroxylation sites is 1. The van der Waals surface area contributed by atoms with E-state index in [-0.39, 0.29) is 31.2 Å². The number of halogens is 1. The number of pyridine rings is 1. The molecule has 0 atom stereocenters. The molecule has 8 heteroatoms. The minimum atomic E-state index is -0.406. The molecule has 0 radical (unpaired) electrons. The molecule has 0 unspecified atom stereocenters. The molecule has 1 amide bonds. The molecular formula is C22H16FN3O3S. The molecule has 2 aromatic carbocycles. The highest BCUT2D eigenvalue weighted by Crippen LogP contribution is 2.34. The van der Waals surface area contributed by atoms with Crippen LogP contribution < -0.4 is 14.4 Å². The van der Waals surface area contributed by atoms with Crippen molar-refractivity contribution >= 4 is 32.6 Å². The van der Waals surface area contributed by atoms with Crippen molar-refractivity contribution in [3.05, 3.63) is 77.9 Å². The average molecular weight is 421 g/mol. The molecule has 5 rings (SSSR count). The number of amides is 1. The lowest BCUT2D eigenvalue weighted by atomic mass is 10.1. The van der Waals surface area contributed by atoms with E-state index in [0.717, 1.165) is 11.3 Å². The van der Waals surface area contributed by atoms with Gasteiger partial charge in [-0.1, -0.05) is 29.5 Å². The summed E-state index contributed by atoms with van der Waals surface area (Å²) in [6.45, 7) is 0.418. The Morgan fingerprint density at radius 3 is 2.83 bits per heavy atom. The van der Waals surface area contributed by atoms with E-state index in [1.165, 1.54) is 17.4 Å². The second kappa shape index (κ2) is 7.72. The van der Waals surface area contributed by atoms with Crippen LogP contribution >= 0.6 is 11.3 Å². The minimum Gasteiger partial charge on any atom is -0.454 e. The van der Waals surface area contributed by atoms with Crippen LogP contribution in [0.4, 0.5) is 9.52 Å². The van der Waals surface area contributed by atoms with Gasteiger partial charge in [0.05, 0.1) is 23.4 Å². The summed E-state index contributed by atoms with van der Waals surface area (Å²) < 4.78 is 25.6. The molecule has 30 heavy (non-hydrogen) atoms. The second-order valence-electron chi connectivity index (χ2n) is 6.75. The number of ether oxygens (including phenoxy) is 2. The molecule has 0 fully saturated rings. The third kappa shape index (κ3) is 3.57. The maximum atomic E-state index is 14.2. The topological polar surface area (TPSA) is 64.6 Å². The van der Waals surface area contributed by atoms with Gasteiger partial charge in [-0.15, -0.1) is 0 Å². The zero-order valence-corrected chi connectivity index (χ0v) is 16.6. The zero-order chi connectivity index (χ0) is 20.5. The molecule has 3 heterocycles. The third-order valence-electron chi connectivity index (χ3n) is 4.73. The number of fused-ring (bicyclic) bond motifs is 2. The molecule has 0 aliphatic carbocycles. The molecular weight excluding hydrogens is 405 g/mol. The number of anilines is 1. The van der Waals surface area contributed by atoms with E-state index >= 15 is 0 Å². The van der Waals surface area contributed by atoms with Gasteiger partial charge < -0.3 is 9.47 Å². The van der Waals surface area contributed by atoms with Crippen LogP contribution in [0, 0.1) is 5.82 Å². The molecule has 6 nitrogen and oxygen atoms in total. The van der Waals surface area contributed by atoms with Crippen molar-refractivity contribution in [3.63, 3.8) is 0 Å². The summed E-state index contributed by atoms with van der Waals surface area (Å²) in [4.78, 5) is 23.6. The van der Waals surface area contributed by atoms with Crippen molar-refractivity contribution in [1.82, 2.24) is 9.97 Å². The van der Waals surface area contributed by atoms with Crippen LogP contribution in [-0.4, -0.2) is 22.7 Å². The summed E-state index contributed by atoms with van der Waals surface area (Å²) in [5, 5.41) is 0.437. The Labute approximate surface area is 175 Å². The van der Waals surface area contributed by atoms with Crippen LogP contribution in [0.2, 0.25) is 0 Å². The van der Waals surface area contributed by atoms with Gasteiger partial charge in [0.15, 0.2) is 16.6 Å². The average Bonchev–Trinajstić information content (AvgIpc) is 3.40. The Bertz CT molecular complexity index is 1230. The highest BCUT2D eigenvalue weighted by atomic mass is 32.1. The first-order valence-electron chi connectivity index (χ1n) is 9.31. The third-order valence-corrected chi connectivity index (χ3v) is 5.77. The molecule has 4 aromatic rings. The first-order valence-corrected chi connectivity index (χ1v) is 10.1. The fourth-order valence-electron chi connectivity index (χ4n) is 3.26. The first-order chi connectivity index (χ1) is 14.7. The Morgan fingerprint density at radius 2 is 2.00 bits per heavy atom. The van der Waals surface area contributed by atoms with E-state index in [4.69, 9.17) is 9.47 Å². The quantitative estimate of drug-likeness (QED) is 0.480. The van der Waals surface area contributed by atoms with E-state index in [1.807, 2.05) is 24.3 Å². The van der Waals surface area contributed by atoms with Gasteiger partial charge in [0.25, 0.3) is 0 Å². The summed E-state index contributed by atoms with van der Waals surface area (Å²) in [5.41, 5.74) is 1.78. The molecule has 2 aromatic heterocycles. The van der Waals surface area contributed by atoms with Gasteiger partial charge in [-0.3, -0.25) is 14.7 Å². The zero-order valence-electron chi connectivity index (χ0n) is 15.7. The molecule has 1 aliphatic heterocycles. The van der Waals surface area contributed by atoms with Gasteiger partial charge in [0.2, 0.25) is 12.7 Å². The lowest BCUT2D eigenvalue weighted by Gasteiger charge is -2.19. The number of benzene rings is 2. The number of carbonyl (C=O) groups excluding carboxylic acids is 1. The number of hydrogen-bond acceptors (Lipinski definition) is 6. The largest absolute Gasteiger partial charge is 0.454 e. The molecule has 0 saturated carbocycles. The highest BCUT2D eigenvalue weighted by molar-refractivity contribution is 7.22. The van der Waals surface area contributed by atoms with E-state index < -0.39 is 5.82 Å². The number of aromatic nitrogens is 2. The SMILES string of the molecule is O=C(Cc1ccc2c(c1)OCO2)N(Cc1ccccn1)c1nc2c(F)cccc2s1. The smallest absolute Gasteiger partial charge is 0.233 e. The van der Waals surface area contributed by atoms with E-state index in [0.29, 0.717) is 21.3 Å². The predicted molar refractivity (Wildman–Crippen MR) is 111 cm³/mol. The molecule has 0 saturated heterocycles. The van der Waals surface area contributed by atoms with Gasteiger partial charge in [-0.05, 0) is 42.0 Å². The van der Waals surface area contributed by atoms with Crippen LogP contribution in [0.25, 0.3) is 10.2 Å². The van der Waals surface area contributed by atoms with Crippen LogP contribution in [0.5, 0.6) is 11.5 Å². The van der Waals surface area contributed by atoms with E-state index in [1.54, 1.807) is 35.4 Å². The normalized spacial score (nSPS) is 12.3. The van der Waals surface area contributed by atoms with Gasteiger partial charge in [0.1, 0.15) is 11.3 Å². The van der Waals surface area contributed by atoms with Crippen LogP contribution in [-0.2, 0) is 17.8 Å². The maximum absolute atomic E-state index is 14.2. The Balaban J connectivity index is 1.48. The van der Waals surface area contributed by atoms with Crippen LogP contribution in [0.3, 0.4) is 0 Å². The van der Waals surface area contributed by atoms with Crippen molar-refractivity contribution in [1.29, 1.82) is 0 Å². The van der Waals surface area contributed by atoms with Crippen molar-refractivity contribution in [2.45, 2.75) is 13.0 Å². The lowest BCUT2D eigenvalue weighted by Crippen LogP contribution is -2.32. The van der Waals surface area contributed by atoms with Gasteiger partial charge in [0, 0.05) is 6.20 Å². The molecule has 1 aliphatic rings. The van der Waals surface area contributed by atoms with Crippen molar-refractivity contribution in [3.8, 4) is 11.5 Å². The first kappa shape index (κ1) is 18.5. The maximum Gasteiger partial charge on any atom is 0.233 e. The number of thiazole rings is 1. The van der Waals surface area contributed by atoms with Gasteiger partial charge >= 0.3 is 0 Å². The molecule has 0 spiro atoms. The van der Waals surface area contributed by atoms with Crippen LogP contribution in [0.1, 0.15) is 11.3 Å². The Kier molecular flexibility index (Phi) is 4.76. The van der Waals surface area contributed by atoms with Crippen LogP contribution in [0.15, 0.2) is 60.8 Å². The van der Waals surface area contributed by atoms with E-state index in [2.05, 4.69) is 9.97 Å². The fourth-order valence-corrected chi connectivity index (χ4v) is 4.25. The highest BCUT2D eigenvalue weighted by Gasteiger charge is 2.23. The van der Waals surface area contributed by atoms with Gasteiger partial charge in [-0.25, -0.2) is 9.37 Å². The van der Waals surface area contributed by atoms with E-state index in [9.17, 15) is 9.18 Å². The minimum absolute atomic E-state index is 0.141. The second-order valence-corrected chi connectivity index (χ2v) is 7.76. The molecule has 0 bridgehead atoms. The number of nitrogens with zero attached hydrogens (tertiary/aromatic N) is 3. The number of rotatable bonds is 5. The van der Waals surface area contributed by atoms with Crippen molar-refractivity contribution in [2.75, 3.05) is 11.7 Å². The summed E-state index contributed by atoms with van der Waals surface area (Å²) in [5.74, 6) is 0.715. The summed E-state index contributed by atoms with van der Waals surface area (Å²) in [6, 6.07) is 15.7. The lowest BCUT2D eigenvalue weighted by molar-refractivity contribution is -0.118. The molecule has 0 N–H and O–H groups in total. The number of hydrogen-bond donors (Lipinski definition) is 0. The Hall–Kier alpha value is -3.52. The monoisotopic (exact) mass is 421 g/mol.